The van der Waals surface area contributed by atoms with E-state index in [1.807, 2.05) is 18.2 Å². The Kier molecular flexibility index (Phi) is 4.70. The molecule has 0 radical (unpaired) electrons. The molecule has 1 atom stereocenters. The van der Waals surface area contributed by atoms with Crippen LogP contribution in [-0.2, 0) is 16.0 Å². The lowest BCUT2D eigenvalue weighted by atomic mass is 10.2. The zero-order valence-electron chi connectivity index (χ0n) is 12.2. The van der Waals surface area contributed by atoms with E-state index in [0.717, 1.165) is 36.3 Å². The first kappa shape index (κ1) is 14.6. The van der Waals surface area contributed by atoms with Crippen molar-refractivity contribution in [3.05, 3.63) is 42.5 Å². The molecule has 1 N–H and O–H groups in total. The van der Waals surface area contributed by atoms with Crippen LogP contribution in [0.25, 0.3) is 11.3 Å². The molecule has 1 fully saturated rings. The van der Waals surface area contributed by atoms with E-state index in [4.69, 9.17) is 13.9 Å². The van der Waals surface area contributed by atoms with E-state index in [2.05, 4.69) is 10.3 Å². The monoisotopic (exact) mass is 302 g/mol. The topological polar surface area (TPSA) is 73.6 Å². The molecule has 1 amide bonds. The Balaban J connectivity index is 1.43. The Morgan fingerprint density at radius 2 is 2.36 bits per heavy atom. The molecule has 22 heavy (non-hydrogen) atoms. The second kappa shape index (κ2) is 7.09. The summed E-state index contributed by atoms with van der Waals surface area (Å²) in [4.78, 5) is 15.9. The number of nitrogens with zero attached hydrogens (tertiary/aromatic N) is 1. The van der Waals surface area contributed by atoms with Gasteiger partial charge in [0.1, 0.15) is 6.61 Å². The highest BCUT2D eigenvalue weighted by Gasteiger charge is 2.17. The summed E-state index contributed by atoms with van der Waals surface area (Å²) in [5, 5.41) is 2.70. The third-order valence-corrected chi connectivity index (χ3v) is 3.50. The SMILES string of the molecule is O=C(NCc1ccc(-c2ccoc2)nc1)OCC1CCCO1. The second-order valence-electron chi connectivity index (χ2n) is 5.15. The lowest BCUT2D eigenvalue weighted by Crippen LogP contribution is -2.27. The number of nitrogens with one attached hydrogen (secondary N) is 1. The van der Waals surface area contributed by atoms with Crippen molar-refractivity contribution < 1.29 is 18.7 Å². The van der Waals surface area contributed by atoms with Gasteiger partial charge in [-0.15, -0.1) is 0 Å². The average molecular weight is 302 g/mol. The lowest BCUT2D eigenvalue weighted by Gasteiger charge is -2.11. The van der Waals surface area contributed by atoms with Gasteiger partial charge in [-0.1, -0.05) is 6.07 Å². The van der Waals surface area contributed by atoms with Crippen molar-refractivity contribution in [1.82, 2.24) is 10.3 Å². The molecule has 2 aromatic heterocycles. The fourth-order valence-corrected chi connectivity index (χ4v) is 2.28. The van der Waals surface area contributed by atoms with Gasteiger partial charge < -0.3 is 19.2 Å². The van der Waals surface area contributed by atoms with E-state index in [-0.39, 0.29) is 6.10 Å². The van der Waals surface area contributed by atoms with Crippen LogP contribution in [0.15, 0.2) is 41.3 Å². The van der Waals surface area contributed by atoms with Crippen molar-refractivity contribution >= 4 is 6.09 Å². The number of furan rings is 1. The number of amides is 1. The fourth-order valence-electron chi connectivity index (χ4n) is 2.28. The van der Waals surface area contributed by atoms with Crippen LogP contribution in [0.1, 0.15) is 18.4 Å². The van der Waals surface area contributed by atoms with Gasteiger partial charge in [0.2, 0.25) is 0 Å². The normalized spacial score (nSPS) is 17.4. The minimum absolute atomic E-state index is 0.0432. The molecule has 116 valence electrons. The van der Waals surface area contributed by atoms with E-state index in [9.17, 15) is 4.79 Å². The molecule has 3 rings (SSSR count). The van der Waals surface area contributed by atoms with Crippen LogP contribution < -0.4 is 5.32 Å². The summed E-state index contributed by atoms with van der Waals surface area (Å²) < 4.78 is 15.5. The Morgan fingerprint density at radius 1 is 1.41 bits per heavy atom. The number of carbonyl (C=O) groups is 1. The van der Waals surface area contributed by atoms with Gasteiger partial charge in [-0.2, -0.15) is 0 Å². The maximum Gasteiger partial charge on any atom is 0.407 e. The summed E-state index contributed by atoms with van der Waals surface area (Å²) in [6.07, 6.45) is 6.56. The molecular weight excluding hydrogens is 284 g/mol. The number of pyridine rings is 1. The molecule has 0 aromatic carbocycles. The van der Waals surface area contributed by atoms with Crippen LogP contribution in [0.2, 0.25) is 0 Å². The Bertz CT molecular complexity index is 589. The summed E-state index contributed by atoms with van der Waals surface area (Å²) in [5.41, 5.74) is 2.66. The third kappa shape index (κ3) is 3.85. The van der Waals surface area contributed by atoms with E-state index in [0.29, 0.717) is 13.2 Å². The zero-order chi connectivity index (χ0) is 15.2. The van der Waals surface area contributed by atoms with Gasteiger partial charge in [0, 0.05) is 24.9 Å². The average Bonchev–Trinajstić information content (AvgIpc) is 3.24. The number of carbonyl (C=O) groups excluding carboxylic acids is 1. The molecule has 1 unspecified atom stereocenters. The number of hydrogen-bond donors (Lipinski definition) is 1. The van der Waals surface area contributed by atoms with Crippen LogP contribution in [0.4, 0.5) is 4.79 Å². The number of ether oxygens (including phenoxy) is 2. The number of rotatable bonds is 5. The first-order valence-electron chi connectivity index (χ1n) is 7.31. The number of alkyl carbamates (subject to hydrolysis) is 1. The highest BCUT2D eigenvalue weighted by atomic mass is 16.6. The van der Waals surface area contributed by atoms with Crippen molar-refractivity contribution in [2.45, 2.75) is 25.5 Å². The number of hydrogen-bond acceptors (Lipinski definition) is 5. The Labute approximate surface area is 128 Å². The Morgan fingerprint density at radius 3 is 3.05 bits per heavy atom. The molecular formula is C16H18N2O4. The van der Waals surface area contributed by atoms with Crippen molar-refractivity contribution in [3.8, 4) is 11.3 Å². The predicted molar refractivity (Wildman–Crippen MR) is 79.1 cm³/mol. The van der Waals surface area contributed by atoms with Gasteiger partial charge >= 0.3 is 6.09 Å². The fraction of sp³-hybridized carbons (Fsp3) is 0.375. The van der Waals surface area contributed by atoms with Gasteiger partial charge in [0.15, 0.2) is 0 Å². The van der Waals surface area contributed by atoms with Crippen molar-refractivity contribution in [2.75, 3.05) is 13.2 Å². The smallest absolute Gasteiger partial charge is 0.407 e. The first-order valence-corrected chi connectivity index (χ1v) is 7.31. The van der Waals surface area contributed by atoms with Crippen LogP contribution in [0.3, 0.4) is 0 Å². The van der Waals surface area contributed by atoms with Gasteiger partial charge in [-0.05, 0) is 30.5 Å². The standard InChI is InChI=1S/C16H18N2O4/c19-16(22-11-14-2-1-6-21-14)18-9-12-3-4-15(17-8-12)13-5-7-20-10-13/h3-5,7-8,10,14H,1-2,6,9,11H2,(H,18,19). The minimum atomic E-state index is -0.436. The van der Waals surface area contributed by atoms with Crippen molar-refractivity contribution in [2.24, 2.45) is 0 Å². The van der Waals surface area contributed by atoms with E-state index in [1.54, 1.807) is 18.7 Å². The maximum atomic E-state index is 11.6. The second-order valence-corrected chi connectivity index (χ2v) is 5.15. The quantitative estimate of drug-likeness (QED) is 0.919. The van der Waals surface area contributed by atoms with Crippen LogP contribution in [0.5, 0.6) is 0 Å². The molecule has 1 aliphatic rings. The summed E-state index contributed by atoms with van der Waals surface area (Å²) >= 11 is 0. The summed E-state index contributed by atoms with van der Waals surface area (Å²) in [6.45, 7) is 1.44. The summed E-state index contributed by atoms with van der Waals surface area (Å²) in [5.74, 6) is 0. The third-order valence-electron chi connectivity index (χ3n) is 3.50. The molecule has 6 heteroatoms. The summed E-state index contributed by atoms with van der Waals surface area (Å²) in [6, 6.07) is 5.65. The van der Waals surface area contributed by atoms with Crippen molar-refractivity contribution in [1.29, 1.82) is 0 Å². The summed E-state index contributed by atoms with van der Waals surface area (Å²) in [7, 11) is 0. The van der Waals surface area contributed by atoms with Crippen LogP contribution in [-0.4, -0.2) is 30.4 Å². The van der Waals surface area contributed by atoms with Crippen LogP contribution >= 0.6 is 0 Å². The van der Waals surface area contributed by atoms with Gasteiger partial charge in [0.25, 0.3) is 0 Å². The predicted octanol–water partition coefficient (Wildman–Crippen LogP) is 2.75. The van der Waals surface area contributed by atoms with E-state index < -0.39 is 6.09 Å². The molecule has 0 aliphatic carbocycles. The molecule has 0 saturated carbocycles. The molecule has 3 heterocycles. The lowest BCUT2D eigenvalue weighted by molar-refractivity contribution is 0.0437. The highest BCUT2D eigenvalue weighted by molar-refractivity contribution is 5.67. The minimum Gasteiger partial charge on any atom is -0.472 e. The molecule has 0 bridgehead atoms. The number of aromatic nitrogens is 1. The molecule has 0 spiro atoms. The van der Waals surface area contributed by atoms with Crippen molar-refractivity contribution in [3.63, 3.8) is 0 Å². The van der Waals surface area contributed by atoms with E-state index >= 15 is 0 Å². The maximum absolute atomic E-state index is 11.6. The van der Waals surface area contributed by atoms with Gasteiger partial charge in [-0.25, -0.2) is 4.79 Å². The largest absolute Gasteiger partial charge is 0.472 e. The van der Waals surface area contributed by atoms with Gasteiger partial charge in [0.05, 0.1) is 24.3 Å². The first-order chi connectivity index (χ1) is 10.8. The van der Waals surface area contributed by atoms with Gasteiger partial charge in [-0.3, -0.25) is 4.98 Å². The molecule has 1 aliphatic heterocycles. The Hall–Kier alpha value is -2.34. The highest BCUT2D eigenvalue weighted by Crippen LogP contribution is 2.17. The molecule has 6 nitrogen and oxygen atoms in total. The molecule has 1 saturated heterocycles. The van der Waals surface area contributed by atoms with Crippen LogP contribution in [0, 0.1) is 0 Å². The van der Waals surface area contributed by atoms with E-state index in [1.165, 1.54) is 0 Å². The molecule has 2 aromatic rings. The zero-order valence-corrected chi connectivity index (χ0v) is 12.2.